The SMILES string of the molecule is CN=C(NCCc1cc(OC)ccc1OC)NCCn1cccc1.I. The highest BCUT2D eigenvalue weighted by Gasteiger charge is 2.05. The summed E-state index contributed by atoms with van der Waals surface area (Å²) < 4.78 is 12.8. The number of nitrogens with zero attached hydrogens (tertiary/aromatic N) is 2. The third-order valence-electron chi connectivity index (χ3n) is 3.73. The molecular formula is C18H27IN4O2. The molecule has 0 aliphatic heterocycles. The van der Waals surface area contributed by atoms with E-state index in [0.717, 1.165) is 49.1 Å². The maximum Gasteiger partial charge on any atom is 0.191 e. The molecule has 0 aliphatic rings. The predicted molar refractivity (Wildman–Crippen MR) is 112 cm³/mol. The van der Waals surface area contributed by atoms with Gasteiger partial charge >= 0.3 is 0 Å². The van der Waals surface area contributed by atoms with E-state index in [1.165, 1.54) is 0 Å². The summed E-state index contributed by atoms with van der Waals surface area (Å²) in [6.07, 6.45) is 4.92. The van der Waals surface area contributed by atoms with Crippen molar-refractivity contribution in [1.29, 1.82) is 0 Å². The smallest absolute Gasteiger partial charge is 0.191 e. The molecule has 2 aromatic rings. The number of guanidine groups is 1. The Kier molecular flexibility index (Phi) is 9.83. The molecule has 1 aromatic heterocycles. The van der Waals surface area contributed by atoms with E-state index in [2.05, 4.69) is 20.2 Å². The van der Waals surface area contributed by atoms with Crippen molar-refractivity contribution in [1.82, 2.24) is 15.2 Å². The van der Waals surface area contributed by atoms with Crippen molar-refractivity contribution >= 4 is 29.9 Å². The zero-order valence-electron chi connectivity index (χ0n) is 15.0. The lowest BCUT2D eigenvalue weighted by atomic mass is 10.1. The van der Waals surface area contributed by atoms with Crippen LogP contribution in [0.5, 0.6) is 11.5 Å². The third kappa shape index (κ3) is 6.85. The van der Waals surface area contributed by atoms with Gasteiger partial charge < -0.3 is 24.7 Å². The Labute approximate surface area is 166 Å². The Morgan fingerprint density at radius 1 is 1.08 bits per heavy atom. The van der Waals surface area contributed by atoms with Gasteiger partial charge in [0.1, 0.15) is 11.5 Å². The summed E-state index contributed by atoms with van der Waals surface area (Å²) in [6.45, 7) is 2.47. The minimum atomic E-state index is 0. The highest BCUT2D eigenvalue weighted by atomic mass is 127. The third-order valence-corrected chi connectivity index (χ3v) is 3.73. The number of rotatable bonds is 8. The summed E-state index contributed by atoms with van der Waals surface area (Å²) in [5.41, 5.74) is 1.10. The molecule has 0 unspecified atom stereocenters. The second kappa shape index (κ2) is 11.6. The molecule has 25 heavy (non-hydrogen) atoms. The standard InChI is InChI=1S/C18H26N4O2.HI/c1-19-18(21-10-13-22-11-4-5-12-22)20-9-8-15-14-16(23-2)6-7-17(15)24-3;/h4-7,11-12,14H,8-10,13H2,1-3H3,(H2,19,20,21);1H. The molecule has 2 rings (SSSR count). The number of hydrogen-bond acceptors (Lipinski definition) is 3. The van der Waals surface area contributed by atoms with Gasteiger partial charge in [0.15, 0.2) is 5.96 Å². The molecule has 0 amide bonds. The molecule has 0 aliphatic carbocycles. The molecule has 7 heteroatoms. The predicted octanol–water partition coefficient (Wildman–Crippen LogP) is 2.53. The number of hydrogen-bond donors (Lipinski definition) is 2. The Balaban J connectivity index is 0.00000312. The van der Waals surface area contributed by atoms with E-state index >= 15 is 0 Å². The van der Waals surface area contributed by atoms with E-state index in [0.29, 0.717) is 0 Å². The number of aliphatic imine (C=N–C) groups is 1. The van der Waals surface area contributed by atoms with Crippen LogP contribution in [0.25, 0.3) is 0 Å². The molecule has 0 saturated heterocycles. The topological polar surface area (TPSA) is 59.8 Å². The minimum absolute atomic E-state index is 0. The molecular weight excluding hydrogens is 431 g/mol. The van der Waals surface area contributed by atoms with Gasteiger partial charge in [0.05, 0.1) is 14.2 Å². The highest BCUT2D eigenvalue weighted by molar-refractivity contribution is 14.0. The van der Waals surface area contributed by atoms with Crippen molar-refractivity contribution in [3.8, 4) is 11.5 Å². The number of benzene rings is 1. The molecule has 0 atom stereocenters. The lowest BCUT2D eigenvalue weighted by Gasteiger charge is -2.14. The van der Waals surface area contributed by atoms with Gasteiger partial charge in [-0.1, -0.05) is 0 Å². The Morgan fingerprint density at radius 3 is 2.44 bits per heavy atom. The number of aromatic nitrogens is 1. The minimum Gasteiger partial charge on any atom is -0.497 e. The second-order valence-corrected chi connectivity index (χ2v) is 5.27. The molecule has 2 N–H and O–H groups in total. The molecule has 0 spiro atoms. The number of ether oxygens (including phenoxy) is 2. The fourth-order valence-electron chi connectivity index (χ4n) is 2.44. The van der Waals surface area contributed by atoms with Gasteiger partial charge in [-0.25, -0.2) is 0 Å². The fourth-order valence-corrected chi connectivity index (χ4v) is 2.44. The zero-order valence-corrected chi connectivity index (χ0v) is 17.3. The summed E-state index contributed by atoms with van der Waals surface area (Å²) >= 11 is 0. The Morgan fingerprint density at radius 2 is 1.80 bits per heavy atom. The fraction of sp³-hybridized carbons (Fsp3) is 0.389. The van der Waals surface area contributed by atoms with Gasteiger partial charge in [0.2, 0.25) is 0 Å². The van der Waals surface area contributed by atoms with E-state index < -0.39 is 0 Å². The zero-order chi connectivity index (χ0) is 17.2. The van der Waals surface area contributed by atoms with Crippen molar-refractivity contribution in [3.05, 3.63) is 48.3 Å². The normalized spacial score (nSPS) is 10.8. The maximum atomic E-state index is 5.40. The van der Waals surface area contributed by atoms with Crippen LogP contribution in [-0.4, -0.2) is 44.9 Å². The molecule has 1 aromatic carbocycles. The van der Waals surface area contributed by atoms with Gasteiger partial charge in [0, 0.05) is 39.1 Å². The number of methoxy groups -OCH3 is 2. The summed E-state index contributed by atoms with van der Waals surface area (Å²) in [5, 5.41) is 6.63. The molecule has 0 fully saturated rings. The average Bonchev–Trinajstić information content (AvgIpc) is 3.13. The van der Waals surface area contributed by atoms with Crippen LogP contribution in [0.2, 0.25) is 0 Å². The first kappa shape index (κ1) is 21.1. The van der Waals surface area contributed by atoms with E-state index in [1.54, 1.807) is 21.3 Å². The molecule has 0 bridgehead atoms. The van der Waals surface area contributed by atoms with Gasteiger partial charge in [-0.3, -0.25) is 4.99 Å². The van der Waals surface area contributed by atoms with Crippen molar-refractivity contribution in [2.24, 2.45) is 4.99 Å². The van der Waals surface area contributed by atoms with Gasteiger partial charge in [-0.2, -0.15) is 0 Å². The largest absolute Gasteiger partial charge is 0.497 e. The van der Waals surface area contributed by atoms with Gasteiger partial charge in [-0.15, -0.1) is 24.0 Å². The molecule has 6 nitrogen and oxygen atoms in total. The van der Waals surface area contributed by atoms with Crippen LogP contribution in [0.1, 0.15) is 5.56 Å². The monoisotopic (exact) mass is 458 g/mol. The van der Waals surface area contributed by atoms with Crippen LogP contribution < -0.4 is 20.1 Å². The van der Waals surface area contributed by atoms with Crippen LogP contribution >= 0.6 is 24.0 Å². The summed E-state index contributed by atoms with van der Waals surface area (Å²) in [6, 6.07) is 9.88. The summed E-state index contributed by atoms with van der Waals surface area (Å²) in [7, 11) is 5.12. The molecule has 1 heterocycles. The average molecular weight is 458 g/mol. The first-order valence-corrected chi connectivity index (χ1v) is 8.03. The van der Waals surface area contributed by atoms with Crippen molar-refractivity contribution < 1.29 is 9.47 Å². The lowest BCUT2D eigenvalue weighted by Crippen LogP contribution is -2.39. The van der Waals surface area contributed by atoms with Crippen LogP contribution in [0.3, 0.4) is 0 Å². The van der Waals surface area contributed by atoms with Crippen LogP contribution in [-0.2, 0) is 13.0 Å². The maximum absolute atomic E-state index is 5.40. The molecule has 0 saturated carbocycles. The number of halogens is 1. The van der Waals surface area contributed by atoms with E-state index in [1.807, 2.05) is 42.7 Å². The Hall–Kier alpha value is -1.90. The van der Waals surface area contributed by atoms with Crippen LogP contribution in [0, 0.1) is 0 Å². The summed E-state index contributed by atoms with van der Waals surface area (Å²) in [4.78, 5) is 4.24. The lowest BCUT2D eigenvalue weighted by molar-refractivity contribution is 0.398. The molecule has 0 radical (unpaired) electrons. The highest BCUT2D eigenvalue weighted by Crippen LogP contribution is 2.24. The van der Waals surface area contributed by atoms with Crippen molar-refractivity contribution in [2.75, 3.05) is 34.4 Å². The summed E-state index contributed by atoms with van der Waals surface area (Å²) in [5.74, 6) is 2.50. The van der Waals surface area contributed by atoms with Crippen LogP contribution in [0.15, 0.2) is 47.7 Å². The van der Waals surface area contributed by atoms with E-state index in [4.69, 9.17) is 9.47 Å². The van der Waals surface area contributed by atoms with Crippen LogP contribution in [0.4, 0.5) is 0 Å². The Bertz CT molecular complexity index is 645. The quantitative estimate of drug-likeness (QED) is 0.363. The first-order chi connectivity index (χ1) is 11.8. The van der Waals surface area contributed by atoms with Crippen molar-refractivity contribution in [2.45, 2.75) is 13.0 Å². The second-order valence-electron chi connectivity index (χ2n) is 5.27. The van der Waals surface area contributed by atoms with Gasteiger partial charge in [0.25, 0.3) is 0 Å². The van der Waals surface area contributed by atoms with E-state index in [-0.39, 0.29) is 24.0 Å². The number of nitrogens with one attached hydrogen (secondary N) is 2. The molecule has 138 valence electrons. The van der Waals surface area contributed by atoms with E-state index in [9.17, 15) is 0 Å². The van der Waals surface area contributed by atoms with Gasteiger partial charge in [-0.05, 0) is 42.3 Å². The van der Waals surface area contributed by atoms with Crippen molar-refractivity contribution in [3.63, 3.8) is 0 Å². The first-order valence-electron chi connectivity index (χ1n) is 8.03.